The minimum Gasteiger partial charge on any atom is -0.423 e. The maximum Gasteiger partial charge on any atom is 0.336 e. The highest BCUT2D eigenvalue weighted by molar-refractivity contribution is 7.89. The molecule has 0 spiro atoms. The van der Waals surface area contributed by atoms with Gasteiger partial charge in [-0.25, -0.2) is 22.0 Å². The molecule has 0 N–H and O–H groups in total. The van der Waals surface area contributed by atoms with Crippen LogP contribution in [0.1, 0.15) is 37.0 Å². The van der Waals surface area contributed by atoms with Gasteiger partial charge in [0.05, 0.1) is 11.5 Å². The van der Waals surface area contributed by atoms with Crippen LogP contribution in [0.15, 0.2) is 62.6 Å². The molecule has 7 nitrogen and oxygen atoms in total. The van der Waals surface area contributed by atoms with Gasteiger partial charge in [-0.2, -0.15) is 4.31 Å². The summed E-state index contributed by atoms with van der Waals surface area (Å²) >= 11 is 0. The Hall–Kier alpha value is -2.66. The van der Waals surface area contributed by atoms with Crippen molar-refractivity contribution in [1.82, 2.24) is 9.21 Å². The van der Waals surface area contributed by atoms with Gasteiger partial charge in [0.2, 0.25) is 10.0 Å². The van der Waals surface area contributed by atoms with E-state index in [9.17, 15) is 22.0 Å². The van der Waals surface area contributed by atoms with Gasteiger partial charge in [0.1, 0.15) is 5.58 Å². The van der Waals surface area contributed by atoms with E-state index in [1.165, 1.54) is 17.3 Å². The van der Waals surface area contributed by atoms with Crippen molar-refractivity contribution in [3.63, 3.8) is 0 Å². The van der Waals surface area contributed by atoms with Crippen LogP contribution in [-0.4, -0.2) is 63.6 Å². The van der Waals surface area contributed by atoms with Crippen molar-refractivity contribution >= 4 is 21.0 Å². The summed E-state index contributed by atoms with van der Waals surface area (Å²) in [6.07, 6.45) is -0.0287. The molecule has 200 valence electrons. The molecule has 1 aliphatic rings. The number of piperazine rings is 1. The lowest BCUT2D eigenvalue weighted by Crippen LogP contribution is -2.49. The van der Waals surface area contributed by atoms with Crippen molar-refractivity contribution in [2.75, 3.05) is 45.9 Å². The van der Waals surface area contributed by atoms with Gasteiger partial charge in [-0.05, 0) is 48.7 Å². The maximum absolute atomic E-state index is 14.5. The number of alkyl halides is 2. The quantitative estimate of drug-likeness (QED) is 0.286. The summed E-state index contributed by atoms with van der Waals surface area (Å²) < 4.78 is 67.3. The van der Waals surface area contributed by atoms with Gasteiger partial charge in [0.15, 0.2) is 0 Å². The van der Waals surface area contributed by atoms with Crippen molar-refractivity contribution in [2.45, 2.75) is 37.5 Å². The Labute approximate surface area is 215 Å². The lowest BCUT2D eigenvalue weighted by Gasteiger charge is -2.33. The molecule has 2 heterocycles. The Bertz CT molecular complexity index is 1380. The lowest BCUT2D eigenvalue weighted by atomic mass is 9.98. The Morgan fingerprint density at radius 2 is 1.65 bits per heavy atom. The van der Waals surface area contributed by atoms with E-state index in [4.69, 9.17) is 9.15 Å². The van der Waals surface area contributed by atoms with E-state index in [0.29, 0.717) is 45.8 Å². The second kappa shape index (κ2) is 11.4. The monoisotopic (exact) mass is 534 g/mol. The number of nitrogens with zero attached hydrogens (tertiary/aromatic N) is 2. The number of halogens is 2. The van der Waals surface area contributed by atoms with E-state index in [0.717, 1.165) is 23.7 Å². The molecule has 1 saturated heterocycles. The first-order chi connectivity index (χ1) is 17.6. The molecule has 4 rings (SSSR count). The third-order valence-electron chi connectivity index (χ3n) is 6.70. The molecule has 10 heteroatoms. The zero-order valence-corrected chi connectivity index (χ0v) is 21.9. The average molecular weight is 535 g/mol. The van der Waals surface area contributed by atoms with Gasteiger partial charge in [-0.1, -0.05) is 25.1 Å². The highest BCUT2D eigenvalue weighted by atomic mass is 32.2. The Morgan fingerprint density at radius 1 is 0.973 bits per heavy atom. The van der Waals surface area contributed by atoms with Crippen molar-refractivity contribution in [1.29, 1.82) is 0 Å². The third kappa shape index (κ3) is 6.26. The fourth-order valence-electron chi connectivity index (χ4n) is 4.51. The van der Waals surface area contributed by atoms with Gasteiger partial charge in [0, 0.05) is 62.8 Å². The molecule has 1 aromatic heterocycles. The number of sulfonamides is 1. The first-order valence-corrected chi connectivity index (χ1v) is 13.9. The second-order valence-corrected chi connectivity index (χ2v) is 11.1. The van der Waals surface area contributed by atoms with E-state index in [2.05, 4.69) is 4.90 Å². The van der Waals surface area contributed by atoms with E-state index in [1.54, 1.807) is 36.4 Å². The van der Waals surface area contributed by atoms with Crippen LogP contribution in [0.3, 0.4) is 0 Å². The molecule has 2 aromatic carbocycles. The molecular formula is C27H32F2N2O5S. The van der Waals surface area contributed by atoms with Crippen molar-refractivity contribution in [2.24, 2.45) is 0 Å². The highest BCUT2D eigenvalue weighted by Gasteiger charge is 2.32. The van der Waals surface area contributed by atoms with Crippen LogP contribution in [0.4, 0.5) is 8.78 Å². The minimum atomic E-state index is -3.61. The van der Waals surface area contributed by atoms with E-state index in [-0.39, 0.29) is 21.4 Å². The first kappa shape index (κ1) is 27.4. The second-order valence-electron chi connectivity index (χ2n) is 9.13. The Balaban J connectivity index is 1.47. The summed E-state index contributed by atoms with van der Waals surface area (Å²) in [5, 5.41) is 0.198. The summed E-state index contributed by atoms with van der Waals surface area (Å²) in [5.41, 5.74) is 0.530. The van der Waals surface area contributed by atoms with Gasteiger partial charge < -0.3 is 9.15 Å². The Morgan fingerprint density at radius 3 is 2.30 bits per heavy atom. The number of hydrogen-bond acceptors (Lipinski definition) is 6. The topological polar surface area (TPSA) is 80.1 Å². The molecule has 0 unspecified atom stereocenters. The molecule has 0 atom stereocenters. The van der Waals surface area contributed by atoms with Crippen LogP contribution in [0.5, 0.6) is 0 Å². The summed E-state index contributed by atoms with van der Waals surface area (Å²) in [6.45, 7) is 7.57. The number of benzene rings is 2. The highest BCUT2D eigenvalue weighted by Crippen LogP contribution is 2.35. The van der Waals surface area contributed by atoms with Gasteiger partial charge in [-0.3, -0.25) is 4.90 Å². The number of fused-ring (bicyclic) bond motifs is 1. The number of hydrogen-bond donors (Lipinski definition) is 0. The SMILES string of the molecule is CCOCCN1CCN(S(=O)(=O)c2ccc(Cc3ccc4oc(=O)cc(C(F)(F)CC)c4c3)cc2)CC1. The van der Waals surface area contributed by atoms with Crippen LogP contribution >= 0.6 is 0 Å². The van der Waals surface area contributed by atoms with Gasteiger partial charge in [0.25, 0.3) is 5.92 Å². The van der Waals surface area contributed by atoms with Crippen molar-refractivity contribution in [3.05, 3.63) is 75.6 Å². The molecule has 1 fully saturated rings. The molecule has 0 amide bonds. The lowest BCUT2D eigenvalue weighted by molar-refractivity contribution is -0.00714. The normalized spacial score (nSPS) is 15.9. The molecule has 0 aliphatic carbocycles. The summed E-state index contributed by atoms with van der Waals surface area (Å²) in [4.78, 5) is 14.2. The van der Waals surface area contributed by atoms with Crippen LogP contribution < -0.4 is 5.63 Å². The summed E-state index contributed by atoms with van der Waals surface area (Å²) in [6, 6.07) is 12.3. The zero-order valence-electron chi connectivity index (χ0n) is 21.1. The number of ether oxygens (including phenoxy) is 1. The minimum absolute atomic E-state index is 0.110. The smallest absolute Gasteiger partial charge is 0.336 e. The van der Waals surface area contributed by atoms with Gasteiger partial charge >= 0.3 is 5.63 Å². The van der Waals surface area contributed by atoms with Crippen molar-refractivity contribution in [3.8, 4) is 0 Å². The molecule has 3 aromatic rings. The van der Waals surface area contributed by atoms with E-state index >= 15 is 0 Å². The predicted molar refractivity (Wildman–Crippen MR) is 138 cm³/mol. The van der Waals surface area contributed by atoms with Crippen molar-refractivity contribution < 1.29 is 26.4 Å². The molecule has 37 heavy (non-hydrogen) atoms. The third-order valence-corrected chi connectivity index (χ3v) is 8.61. The Kier molecular flexibility index (Phi) is 8.42. The molecular weight excluding hydrogens is 502 g/mol. The largest absolute Gasteiger partial charge is 0.423 e. The molecule has 0 radical (unpaired) electrons. The van der Waals surface area contributed by atoms with E-state index < -0.39 is 28.0 Å². The fraction of sp³-hybridized carbons (Fsp3) is 0.444. The molecule has 0 saturated carbocycles. The fourth-order valence-corrected chi connectivity index (χ4v) is 5.93. The summed E-state index contributed by atoms with van der Waals surface area (Å²) in [7, 11) is -3.61. The maximum atomic E-state index is 14.5. The summed E-state index contributed by atoms with van der Waals surface area (Å²) in [5.74, 6) is -3.16. The van der Waals surface area contributed by atoms with Crippen LogP contribution in [0.2, 0.25) is 0 Å². The predicted octanol–water partition coefficient (Wildman–Crippen LogP) is 4.23. The van der Waals surface area contributed by atoms with E-state index in [1.807, 2.05) is 6.92 Å². The number of rotatable bonds is 10. The van der Waals surface area contributed by atoms with Crippen LogP contribution in [0.25, 0.3) is 11.0 Å². The zero-order chi connectivity index (χ0) is 26.6. The average Bonchev–Trinajstić information content (AvgIpc) is 2.89. The van der Waals surface area contributed by atoms with Gasteiger partial charge in [-0.15, -0.1) is 0 Å². The first-order valence-electron chi connectivity index (χ1n) is 12.5. The van der Waals surface area contributed by atoms with Crippen LogP contribution in [-0.2, 0) is 27.1 Å². The molecule has 1 aliphatic heterocycles. The van der Waals surface area contributed by atoms with Crippen LogP contribution in [0, 0.1) is 0 Å². The standard InChI is InChI=1S/C27H32F2N2O5S/c1-3-27(28,29)24-19-26(32)36-25-10-7-21(18-23(24)25)17-20-5-8-22(9-6-20)37(33,34)31-13-11-30(12-14-31)15-16-35-4-2/h5-10,18-19H,3-4,11-17H2,1-2H3. The molecule has 0 bridgehead atoms.